The van der Waals surface area contributed by atoms with E-state index in [1.165, 1.54) is 19.3 Å². The first kappa shape index (κ1) is 9.09. The highest BCUT2D eigenvalue weighted by molar-refractivity contribution is 4.78. The zero-order valence-corrected chi connectivity index (χ0v) is 8.43. The van der Waals surface area contributed by atoms with Crippen molar-refractivity contribution >= 4 is 0 Å². The van der Waals surface area contributed by atoms with Gasteiger partial charge in [0, 0.05) is 0 Å². The third-order valence-electron chi connectivity index (χ3n) is 3.63. The molecular weight excluding hydrogens is 132 g/mol. The first-order valence-corrected chi connectivity index (χ1v) is 5.13. The Kier molecular flexibility index (Phi) is 2.98. The van der Waals surface area contributed by atoms with Gasteiger partial charge in [-0.2, -0.15) is 0 Å². The minimum absolute atomic E-state index is 0.896. The van der Waals surface area contributed by atoms with Gasteiger partial charge in [-0.15, -0.1) is 0 Å². The highest BCUT2D eigenvalue weighted by Crippen LogP contribution is 2.38. The van der Waals surface area contributed by atoms with Crippen molar-refractivity contribution in [2.24, 2.45) is 23.7 Å². The fourth-order valence-electron chi connectivity index (χ4n) is 2.56. The second-order valence-electron chi connectivity index (χ2n) is 4.68. The van der Waals surface area contributed by atoms with E-state index in [4.69, 9.17) is 0 Å². The van der Waals surface area contributed by atoms with Crippen LogP contribution in [0, 0.1) is 23.7 Å². The fourth-order valence-corrected chi connectivity index (χ4v) is 2.56. The Labute approximate surface area is 71.4 Å². The van der Waals surface area contributed by atoms with Gasteiger partial charge in [0.2, 0.25) is 0 Å². The molecule has 1 fully saturated rings. The van der Waals surface area contributed by atoms with Gasteiger partial charge in [-0.25, -0.2) is 0 Å². The highest BCUT2D eigenvalue weighted by Gasteiger charge is 2.28. The normalized spacial score (nSPS) is 39.5. The van der Waals surface area contributed by atoms with Crippen LogP contribution >= 0.6 is 0 Å². The van der Waals surface area contributed by atoms with Crippen molar-refractivity contribution in [2.45, 2.75) is 47.0 Å². The number of hydrogen-bond acceptors (Lipinski definition) is 0. The topological polar surface area (TPSA) is 0 Å². The highest BCUT2D eigenvalue weighted by atomic mass is 14.3. The molecule has 3 atom stereocenters. The minimum Gasteiger partial charge on any atom is -0.0625 e. The zero-order chi connectivity index (χ0) is 8.43. The summed E-state index contributed by atoms with van der Waals surface area (Å²) in [7, 11) is 0. The number of hydrogen-bond donors (Lipinski definition) is 0. The van der Waals surface area contributed by atoms with E-state index in [-0.39, 0.29) is 0 Å². The molecule has 0 aromatic rings. The van der Waals surface area contributed by atoms with E-state index in [0.29, 0.717) is 0 Å². The van der Waals surface area contributed by atoms with Crippen molar-refractivity contribution in [2.75, 3.05) is 0 Å². The molecule has 0 aromatic heterocycles. The van der Waals surface area contributed by atoms with E-state index in [9.17, 15) is 0 Å². The lowest BCUT2D eigenvalue weighted by atomic mass is 9.69. The van der Waals surface area contributed by atoms with E-state index in [0.717, 1.165) is 23.7 Å². The predicted octanol–water partition coefficient (Wildman–Crippen LogP) is 3.71. The Morgan fingerprint density at radius 3 is 2.18 bits per heavy atom. The van der Waals surface area contributed by atoms with Crippen LogP contribution in [0.3, 0.4) is 0 Å². The van der Waals surface area contributed by atoms with E-state index in [1.54, 1.807) is 0 Å². The maximum absolute atomic E-state index is 2.44. The Hall–Kier alpha value is 0. The molecule has 0 spiro atoms. The molecule has 0 N–H and O–H groups in total. The van der Waals surface area contributed by atoms with Crippen LogP contribution in [-0.2, 0) is 0 Å². The maximum atomic E-state index is 2.44. The van der Waals surface area contributed by atoms with Crippen molar-refractivity contribution in [1.29, 1.82) is 0 Å². The largest absolute Gasteiger partial charge is 0.0625 e. The van der Waals surface area contributed by atoms with Gasteiger partial charge in [0.15, 0.2) is 0 Å². The molecule has 0 saturated heterocycles. The van der Waals surface area contributed by atoms with Crippen molar-refractivity contribution in [3.63, 3.8) is 0 Å². The third kappa shape index (κ3) is 1.98. The summed E-state index contributed by atoms with van der Waals surface area (Å²) in [5.74, 6) is 3.83. The summed E-state index contributed by atoms with van der Waals surface area (Å²) in [5, 5.41) is 0. The SMILES string of the molecule is CC(C)C1CCCC(C)C1C. The minimum atomic E-state index is 0.896. The van der Waals surface area contributed by atoms with Crippen LogP contribution in [0.25, 0.3) is 0 Å². The summed E-state index contributed by atoms with van der Waals surface area (Å²) < 4.78 is 0. The van der Waals surface area contributed by atoms with Gasteiger partial charge in [0.05, 0.1) is 0 Å². The van der Waals surface area contributed by atoms with E-state index in [1.807, 2.05) is 0 Å². The summed E-state index contributed by atoms with van der Waals surface area (Å²) in [5.41, 5.74) is 0. The van der Waals surface area contributed by atoms with E-state index < -0.39 is 0 Å². The van der Waals surface area contributed by atoms with E-state index in [2.05, 4.69) is 27.7 Å². The second kappa shape index (κ2) is 3.60. The van der Waals surface area contributed by atoms with Crippen molar-refractivity contribution < 1.29 is 0 Å². The lowest BCUT2D eigenvalue weighted by Crippen LogP contribution is -2.27. The molecule has 66 valence electrons. The molecule has 0 aromatic carbocycles. The molecule has 1 saturated carbocycles. The van der Waals surface area contributed by atoms with Crippen molar-refractivity contribution in [1.82, 2.24) is 0 Å². The van der Waals surface area contributed by atoms with Crippen LogP contribution in [0.2, 0.25) is 0 Å². The van der Waals surface area contributed by atoms with Gasteiger partial charge < -0.3 is 0 Å². The van der Waals surface area contributed by atoms with Crippen molar-refractivity contribution in [3.05, 3.63) is 0 Å². The Morgan fingerprint density at radius 1 is 1.09 bits per heavy atom. The average Bonchev–Trinajstić information content (AvgIpc) is 1.94. The Bertz CT molecular complexity index is 115. The van der Waals surface area contributed by atoms with Crippen LogP contribution in [0.15, 0.2) is 0 Å². The van der Waals surface area contributed by atoms with Gasteiger partial charge in [-0.3, -0.25) is 0 Å². The first-order valence-electron chi connectivity index (χ1n) is 5.13. The van der Waals surface area contributed by atoms with Gasteiger partial charge in [-0.05, 0) is 30.1 Å². The van der Waals surface area contributed by atoms with Crippen LogP contribution in [-0.4, -0.2) is 0 Å². The maximum Gasteiger partial charge on any atom is -0.0363 e. The molecule has 3 unspecified atom stereocenters. The molecular formula is C11H22. The Morgan fingerprint density at radius 2 is 1.73 bits per heavy atom. The molecule has 0 radical (unpaired) electrons. The van der Waals surface area contributed by atoms with E-state index >= 15 is 0 Å². The lowest BCUT2D eigenvalue weighted by Gasteiger charge is -2.36. The van der Waals surface area contributed by atoms with Crippen LogP contribution in [0.5, 0.6) is 0 Å². The first-order chi connectivity index (χ1) is 5.13. The predicted molar refractivity (Wildman–Crippen MR) is 50.5 cm³/mol. The van der Waals surface area contributed by atoms with Gasteiger partial charge in [0.1, 0.15) is 0 Å². The Balaban J connectivity index is 2.51. The van der Waals surface area contributed by atoms with Crippen LogP contribution in [0.4, 0.5) is 0 Å². The summed E-state index contributed by atoms with van der Waals surface area (Å²) in [4.78, 5) is 0. The standard InChI is InChI=1S/C11H22/c1-8(2)11-7-5-6-9(3)10(11)4/h8-11H,5-7H2,1-4H3. The molecule has 0 nitrogen and oxygen atoms in total. The molecule has 11 heavy (non-hydrogen) atoms. The quantitative estimate of drug-likeness (QED) is 0.540. The third-order valence-corrected chi connectivity index (χ3v) is 3.63. The van der Waals surface area contributed by atoms with Gasteiger partial charge >= 0.3 is 0 Å². The average molecular weight is 154 g/mol. The second-order valence-corrected chi connectivity index (χ2v) is 4.68. The smallest absolute Gasteiger partial charge is 0.0363 e. The van der Waals surface area contributed by atoms with Gasteiger partial charge in [-0.1, -0.05) is 40.5 Å². The molecule has 1 aliphatic rings. The molecule has 0 amide bonds. The lowest BCUT2D eigenvalue weighted by molar-refractivity contribution is 0.139. The van der Waals surface area contributed by atoms with Crippen LogP contribution < -0.4 is 0 Å². The summed E-state index contributed by atoms with van der Waals surface area (Å²) >= 11 is 0. The summed E-state index contributed by atoms with van der Waals surface area (Å²) in [6.45, 7) is 9.60. The summed E-state index contributed by atoms with van der Waals surface area (Å²) in [6, 6.07) is 0. The molecule has 0 aliphatic heterocycles. The molecule has 1 rings (SSSR count). The molecule has 0 heterocycles. The molecule has 0 bridgehead atoms. The molecule has 1 aliphatic carbocycles. The summed E-state index contributed by atoms with van der Waals surface area (Å²) in [6.07, 6.45) is 4.40. The molecule has 0 heteroatoms. The monoisotopic (exact) mass is 154 g/mol. The van der Waals surface area contributed by atoms with Crippen LogP contribution in [0.1, 0.15) is 47.0 Å². The fraction of sp³-hybridized carbons (Fsp3) is 1.00. The number of rotatable bonds is 1. The van der Waals surface area contributed by atoms with Gasteiger partial charge in [0.25, 0.3) is 0 Å². The zero-order valence-electron chi connectivity index (χ0n) is 8.43. The van der Waals surface area contributed by atoms with Crippen molar-refractivity contribution in [3.8, 4) is 0 Å².